The summed E-state index contributed by atoms with van der Waals surface area (Å²) in [5.41, 5.74) is 2.54. The van der Waals surface area contributed by atoms with Crippen LogP contribution in [0.2, 0.25) is 0 Å². The minimum Gasteiger partial charge on any atom is -0.325 e. The predicted octanol–water partition coefficient (Wildman–Crippen LogP) is 1.30. The first-order chi connectivity index (χ1) is 7.06. The molecule has 1 amide bonds. The third-order valence-electron chi connectivity index (χ3n) is 2.04. The van der Waals surface area contributed by atoms with Crippen molar-refractivity contribution < 1.29 is 4.79 Å². The molecule has 2 aromatic heterocycles. The Morgan fingerprint density at radius 2 is 2.20 bits per heavy atom. The summed E-state index contributed by atoms with van der Waals surface area (Å²) in [6.07, 6.45) is 1.75. The number of anilines is 1. The highest BCUT2D eigenvalue weighted by Gasteiger charge is 2.05. The van der Waals surface area contributed by atoms with Crippen molar-refractivity contribution >= 4 is 17.2 Å². The second kappa shape index (κ2) is 3.34. The lowest BCUT2D eigenvalue weighted by Crippen LogP contribution is -2.07. The van der Waals surface area contributed by atoms with Crippen molar-refractivity contribution in [2.75, 3.05) is 5.32 Å². The number of carbonyl (C=O) groups excluding carboxylic acids is 1. The van der Waals surface area contributed by atoms with Gasteiger partial charge in [0.2, 0.25) is 5.91 Å². The van der Waals surface area contributed by atoms with Gasteiger partial charge in [0.15, 0.2) is 5.65 Å². The third kappa shape index (κ3) is 1.81. The molecule has 2 aromatic rings. The fourth-order valence-corrected chi connectivity index (χ4v) is 1.53. The summed E-state index contributed by atoms with van der Waals surface area (Å²) in [6, 6.07) is 1.88. The number of nitrogens with one attached hydrogen (secondary N) is 1. The summed E-state index contributed by atoms with van der Waals surface area (Å²) in [5, 5.41) is 6.92. The molecule has 5 nitrogen and oxygen atoms in total. The molecule has 0 atom stereocenters. The van der Waals surface area contributed by atoms with Crippen LogP contribution < -0.4 is 5.32 Å². The zero-order valence-corrected chi connectivity index (χ0v) is 8.90. The Morgan fingerprint density at radius 1 is 1.47 bits per heavy atom. The molecule has 0 saturated heterocycles. The average Bonchev–Trinajstić information content (AvgIpc) is 2.44. The molecule has 78 valence electrons. The van der Waals surface area contributed by atoms with E-state index in [2.05, 4.69) is 15.4 Å². The van der Waals surface area contributed by atoms with Crippen molar-refractivity contribution in [2.45, 2.75) is 20.8 Å². The fourth-order valence-electron chi connectivity index (χ4n) is 1.53. The Bertz CT molecular complexity index is 529. The molecule has 0 bridgehead atoms. The van der Waals surface area contributed by atoms with Gasteiger partial charge in [-0.1, -0.05) is 0 Å². The minimum absolute atomic E-state index is 0.0920. The lowest BCUT2D eigenvalue weighted by atomic mass is 10.3. The highest BCUT2D eigenvalue weighted by Crippen LogP contribution is 2.14. The van der Waals surface area contributed by atoms with E-state index in [0.29, 0.717) is 0 Å². The van der Waals surface area contributed by atoms with Crippen LogP contribution in [0.15, 0.2) is 12.3 Å². The predicted molar refractivity (Wildman–Crippen MR) is 56.8 cm³/mol. The molecule has 0 unspecified atom stereocenters. The van der Waals surface area contributed by atoms with Crippen LogP contribution in [0, 0.1) is 13.8 Å². The van der Waals surface area contributed by atoms with Crippen molar-refractivity contribution in [3.05, 3.63) is 23.7 Å². The van der Waals surface area contributed by atoms with E-state index in [-0.39, 0.29) is 5.91 Å². The SMILES string of the molecule is CC(=O)Nc1cc(C)c2nc(C)nn2c1. The molecule has 0 aliphatic rings. The van der Waals surface area contributed by atoms with E-state index in [1.807, 2.05) is 19.9 Å². The fraction of sp³-hybridized carbons (Fsp3) is 0.300. The van der Waals surface area contributed by atoms with Crippen LogP contribution in [0.1, 0.15) is 18.3 Å². The Hall–Kier alpha value is -1.91. The number of amides is 1. The van der Waals surface area contributed by atoms with Gasteiger partial charge in [0.25, 0.3) is 0 Å². The van der Waals surface area contributed by atoms with Gasteiger partial charge in [0.05, 0.1) is 11.9 Å². The molecule has 2 rings (SSSR count). The third-order valence-corrected chi connectivity index (χ3v) is 2.04. The quantitative estimate of drug-likeness (QED) is 0.761. The highest BCUT2D eigenvalue weighted by molar-refractivity contribution is 5.88. The maximum Gasteiger partial charge on any atom is 0.221 e. The summed E-state index contributed by atoms with van der Waals surface area (Å²) in [7, 11) is 0. The van der Waals surface area contributed by atoms with Crippen molar-refractivity contribution in [1.29, 1.82) is 0 Å². The maximum absolute atomic E-state index is 10.9. The van der Waals surface area contributed by atoms with Crippen molar-refractivity contribution in [1.82, 2.24) is 14.6 Å². The molecule has 5 heteroatoms. The van der Waals surface area contributed by atoms with E-state index >= 15 is 0 Å². The van der Waals surface area contributed by atoms with E-state index in [9.17, 15) is 4.79 Å². The second-order valence-corrected chi connectivity index (χ2v) is 3.52. The Kier molecular flexibility index (Phi) is 2.15. The van der Waals surface area contributed by atoms with Gasteiger partial charge < -0.3 is 5.32 Å². The number of aryl methyl sites for hydroxylation is 2. The molecule has 0 radical (unpaired) electrons. The molecule has 1 N–H and O–H groups in total. The number of pyridine rings is 1. The first-order valence-corrected chi connectivity index (χ1v) is 4.67. The standard InChI is InChI=1S/C10H12N4O/c1-6-4-9(12-8(3)15)5-14-10(6)11-7(2)13-14/h4-5H,1-3H3,(H,12,15). The lowest BCUT2D eigenvalue weighted by Gasteiger charge is -2.03. The first kappa shape index (κ1) is 9.64. The van der Waals surface area contributed by atoms with Crippen LogP contribution in [0.25, 0.3) is 5.65 Å². The highest BCUT2D eigenvalue weighted by atomic mass is 16.1. The molecule has 0 spiro atoms. The zero-order chi connectivity index (χ0) is 11.0. The number of hydrogen-bond acceptors (Lipinski definition) is 3. The van der Waals surface area contributed by atoms with Gasteiger partial charge >= 0.3 is 0 Å². The summed E-state index contributed by atoms with van der Waals surface area (Å²) in [6.45, 7) is 5.26. The zero-order valence-electron chi connectivity index (χ0n) is 8.90. The van der Waals surface area contributed by atoms with E-state index in [0.717, 1.165) is 22.7 Å². The van der Waals surface area contributed by atoms with E-state index in [1.54, 1.807) is 10.7 Å². The molecule has 0 saturated carbocycles. The molecule has 0 fully saturated rings. The second-order valence-electron chi connectivity index (χ2n) is 3.52. The van der Waals surface area contributed by atoms with Crippen molar-refractivity contribution in [2.24, 2.45) is 0 Å². The number of nitrogens with zero attached hydrogens (tertiary/aromatic N) is 3. The number of fused-ring (bicyclic) bond motifs is 1. The topological polar surface area (TPSA) is 59.3 Å². The smallest absolute Gasteiger partial charge is 0.221 e. The summed E-state index contributed by atoms with van der Waals surface area (Å²) in [5.74, 6) is 0.628. The van der Waals surface area contributed by atoms with Gasteiger partial charge in [-0.2, -0.15) is 5.10 Å². The van der Waals surface area contributed by atoms with Crippen molar-refractivity contribution in [3.8, 4) is 0 Å². The number of aromatic nitrogens is 3. The Balaban J connectivity index is 2.56. The van der Waals surface area contributed by atoms with Gasteiger partial charge in [0.1, 0.15) is 5.82 Å². The molecular formula is C10H12N4O. The van der Waals surface area contributed by atoms with Crippen LogP contribution in [0.5, 0.6) is 0 Å². The summed E-state index contributed by atoms with van der Waals surface area (Å²) >= 11 is 0. The largest absolute Gasteiger partial charge is 0.325 e. The van der Waals surface area contributed by atoms with E-state index in [4.69, 9.17) is 0 Å². The molecule has 15 heavy (non-hydrogen) atoms. The molecule has 0 aliphatic heterocycles. The van der Waals surface area contributed by atoms with Crippen LogP contribution in [0.4, 0.5) is 5.69 Å². The van der Waals surface area contributed by atoms with E-state index in [1.165, 1.54) is 6.92 Å². The van der Waals surface area contributed by atoms with Gasteiger partial charge in [-0.3, -0.25) is 4.79 Å². The summed E-state index contributed by atoms with van der Waals surface area (Å²) < 4.78 is 1.68. The van der Waals surface area contributed by atoms with Crippen molar-refractivity contribution in [3.63, 3.8) is 0 Å². The minimum atomic E-state index is -0.0920. The summed E-state index contributed by atoms with van der Waals surface area (Å²) in [4.78, 5) is 15.2. The number of hydrogen-bond donors (Lipinski definition) is 1. The molecule has 0 aromatic carbocycles. The lowest BCUT2D eigenvalue weighted by molar-refractivity contribution is -0.114. The molecule has 2 heterocycles. The van der Waals surface area contributed by atoms with Crippen LogP contribution in [-0.2, 0) is 4.79 Å². The van der Waals surface area contributed by atoms with Crippen LogP contribution in [0.3, 0.4) is 0 Å². The van der Waals surface area contributed by atoms with Crippen LogP contribution in [-0.4, -0.2) is 20.5 Å². The Labute approximate surface area is 87.1 Å². The monoisotopic (exact) mass is 204 g/mol. The first-order valence-electron chi connectivity index (χ1n) is 4.67. The van der Waals surface area contributed by atoms with Gasteiger partial charge in [-0.25, -0.2) is 9.50 Å². The Morgan fingerprint density at radius 3 is 2.87 bits per heavy atom. The van der Waals surface area contributed by atoms with Crippen LogP contribution >= 0.6 is 0 Å². The van der Waals surface area contributed by atoms with E-state index < -0.39 is 0 Å². The number of carbonyl (C=O) groups is 1. The molecular weight excluding hydrogens is 192 g/mol. The van der Waals surface area contributed by atoms with Gasteiger partial charge in [0, 0.05) is 6.92 Å². The number of rotatable bonds is 1. The van der Waals surface area contributed by atoms with Gasteiger partial charge in [-0.15, -0.1) is 0 Å². The average molecular weight is 204 g/mol. The van der Waals surface area contributed by atoms with Gasteiger partial charge in [-0.05, 0) is 25.5 Å². The normalized spacial score (nSPS) is 10.6. The molecule has 0 aliphatic carbocycles. The maximum atomic E-state index is 10.9.